The maximum atomic E-state index is 11.9. The zero-order valence-corrected chi connectivity index (χ0v) is 13.4. The van der Waals surface area contributed by atoms with Gasteiger partial charge in [-0.15, -0.1) is 0 Å². The maximum absolute atomic E-state index is 11.9. The molecule has 0 heterocycles. The molecule has 0 saturated heterocycles. The van der Waals surface area contributed by atoms with E-state index in [0.29, 0.717) is 5.92 Å². The molecule has 0 aliphatic heterocycles. The molecule has 0 bridgehead atoms. The van der Waals surface area contributed by atoms with Crippen molar-refractivity contribution in [3.05, 3.63) is 35.4 Å². The van der Waals surface area contributed by atoms with Gasteiger partial charge in [0.05, 0.1) is 6.42 Å². The van der Waals surface area contributed by atoms with Gasteiger partial charge < -0.3 is 10.1 Å². The van der Waals surface area contributed by atoms with Crippen molar-refractivity contribution in [2.75, 3.05) is 6.61 Å². The Bertz CT molecular complexity index is 510. The number of hydrogen-bond acceptors (Lipinski definition) is 3. The van der Waals surface area contributed by atoms with E-state index in [1.807, 2.05) is 31.2 Å². The molecule has 120 valence electrons. The van der Waals surface area contributed by atoms with Crippen LogP contribution in [0.25, 0.3) is 0 Å². The number of esters is 1. The second-order valence-corrected chi connectivity index (χ2v) is 6.26. The Morgan fingerprint density at radius 1 is 1.18 bits per heavy atom. The summed E-state index contributed by atoms with van der Waals surface area (Å²) in [7, 11) is 0. The summed E-state index contributed by atoms with van der Waals surface area (Å²) in [6.45, 7) is 3.97. The summed E-state index contributed by atoms with van der Waals surface area (Å²) in [5.74, 6) is -0.0624. The molecule has 1 saturated carbocycles. The Kier molecular flexibility index (Phi) is 5.99. The van der Waals surface area contributed by atoms with Crippen LogP contribution in [0.1, 0.15) is 43.7 Å². The molecule has 1 aromatic carbocycles. The Hall–Kier alpha value is -1.84. The highest BCUT2D eigenvalue weighted by atomic mass is 16.5. The minimum atomic E-state index is -0.365. The molecular formula is C18H25NO3. The van der Waals surface area contributed by atoms with Crippen LogP contribution >= 0.6 is 0 Å². The van der Waals surface area contributed by atoms with E-state index in [1.54, 1.807) is 0 Å². The van der Waals surface area contributed by atoms with Gasteiger partial charge in [-0.2, -0.15) is 0 Å². The number of aryl methyl sites for hydroxylation is 1. The van der Waals surface area contributed by atoms with Crippen LogP contribution in [0, 0.1) is 12.8 Å². The lowest BCUT2D eigenvalue weighted by Gasteiger charge is -2.29. The highest BCUT2D eigenvalue weighted by molar-refractivity contribution is 5.81. The molecule has 0 unspecified atom stereocenters. The Morgan fingerprint density at radius 3 is 2.55 bits per heavy atom. The van der Waals surface area contributed by atoms with Crippen molar-refractivity contribution in [2.24, 2.45) is 5.92 Å². The van der Waals surface area contributed by atoms with Crippen LogP contribution in [0.15, 0.2) is 24.3 Å². The van der Waals surface area contributed by atoms with Crippen molar-refractivity contribution >= 4 is 11.9 Å². The van der Waals surface area contributed by atoms with Gasteiger partial charge in [-0.25, -0.2) is 0 Å². The molecule has 0 radical (unpaired) electrons. The third-order valence-electron chi connectivity index (χ3n) is 4.29. The SMILES string of the molecule is Cc1ccc(CC(=O)OCC(=O)N[C@@H]2CCCC[C@H]2C)cc1. The average molecular weight is 303 g/mol. The number of rotatable bonds is 5. The number of hydrogen-bond donors (Lipinski definition) is 1. The predicted molar refractivity (Wildman–Crippen MR) is 85.4 cm³/mol. The van der Waals surface area contributed by atoms with Crippen LogP contribution < -0.4 is 5.32 Å². The van der Waals surface area contributed by atoms with Crippen molar-refractivity contribution in [3.8, 4) is 0 Å². The summed E-state index contributed by atoms with van der Waals surface area (Å²) in [4.78, 5) is 23.6. The van der Waals surface area contributed by atoms with Crippen molar-refractivity contribution in [1.82, 2.24) is 5.32 Å². The van der Waals surface area contributed by atoms with Crippen molar-refractivity contribution in [3.63, 3.8) is 0 Å². The molecule has 0 aromatic heterocycles. The van der Waals surface area contributed by atoms with Crippen LogP contribution in [-0.2, 0) is 20.7 Å². The first-order valence-electron chi connectivity index (χ1n) is 8.05. The lowest BCUT2D eigenvalue weighted by atomic mass is 9.86. The number of amides is 1. The van der Waals surface area contributed by atoms with E-state index in [-0.39, 0.29) is 30.9 Å². The van der Waals surface area contributed by atoms with E-state index < -0.39 is 0 Å². The van der Waals surface area contributed by atoms with Gasteiger partial charge >= 0.3 is 5.97 Å². The van der Waals surface area contributed by atoms with Crippen LogP contribution in [-0.4, -0.2) is 24.5 Å². The molecule has 1 aliphatic rings. The summed E-state index contributed by atoms with van der Waals surface area (Å²) >= 11 is 0. The molecule has 1 fully saturated rings. The van der Waals surface area contributed by atoms with Crippen molar-refractivity contribution < 1.29 is 14.3 Å². The standard InChI is InChI=1S/C18H25NO3/c1-13-7-9-15(10-8-13)11-18(21)22-12-17(20)19-16-6-4-3-5-14(16)2/h7-10,14,16H,3-6,11-12H2,1-2H3,(H,19,20)/t14-,16-/m1/s1. The minimum absolute atomic E-state index is 0.187. The minimum Gasteiger partial charge on any atom is -0.455 e. The highest BCUT2D eigenvalue weighted by Crippen LogP contribution is 2.23. The molecule has 0 spiro atoms. The zero-order valence-electron chi connectivity index (χ0n) is 13.4. The summed E-state index contributed by atoms with van der Waals surface area (Å²) in [5.41, 5.74) is 2.05. The molecule has 1 aromatic rings. The largest absolute Gasteiger partial charge is 0.455 e. The topological polar surface area (TPSA) is 55.4 Å². The van der Waals surface area contributed by atoms with E-state index in [9.17, 15) is 9.59 Å². The molecular weight excluding hydrogens is 278 g/mol. The van der Waals surface area contributed by atoms with Gasteiger partial charge in [0, 0.05) is 6.04 Å². The molecule has 2 rings (SSSR count). The third kappa shape index (κ3) is 5.17. The normalized spacial score (nSPS) is 21.2. The molecule has 1 aliphatic carbocycles. The summed E-state index contributed by atoms with van der Waals surface area (Å²) in [6, 6.07) is 7.94. The Morgan fingerprint density at radius 2 is 1.86 bits per heavy atom. The summed E-state index contributed by atoms with van der Waals surface area (Å²) in [6.07, 6.45) is 4.76. The van der Waals surface area contributed by atoms with Crippen LogP contribution in [0.4, 0.5) is 0 Å². The molecule has 2 atom stereocenters. The van der Waals surface area contributed by atoms with E-state index in [2.05, 4.69) is 12.2 Å². The number of benzene rings is 1. The lowest BCUT2D eigenvalue weighted by Crippen LogP contribution is -2.42. The first-order chi connectivity index (χ1) is 10.5. The van der Waals surface area contributed by atoms with Gasteiger partial charge in [0.2, 0.25) is 0 Å². The molecule has 4 nitrogen and oxygen atoms in total. The predicted octanol–water partition coefficient (Wildman–Crippen LogP) is 2.78. The van der Waals surface area contributed by atoms with Crippen LogP contribution in [0.5, 0.6) is 0 Å². The molecule has 1 N–H and O–H groups in total. The van der Waals surface area contributed by atoms with Gasteiger partial charge in [-0.05, 0) is 31.2 Å². The van der Waals surface area contributed by atoms with Crippen LogP contribution in [0.2, 0.25) is 0 Å². The first-order valence-corrected chi connectivity index (χ1v) is 8.05. The van der Waals surface area contributed by atoms with Gasteiger partial charge in [0.15, 0.2) is 6.61 Å². The Labute approximate surface area is 132 Å². The number of ether oxygens (including phenoxy) is 1. The zero-order chi connectivity index (χ0) is 15.9. The van der Waals surface area contributed by atoms with E-state index in [1.165, 1.54) is 6.42 Å². The third-order valence-corrected chi connectivity index (χ3v) is 4.29. The second kappa shape index (κ2) is 7.97. The number of carbonyl (C=O) groups excluding carboxylic acids is 2. The molecule has 4 heteroatoms. The fourth-order valence-corrected chi connectivity index (χ4v) is 2.85. The number of carbonyl (C=O) groups is 2. The van der Waals surface area contributed by atoms with Gasteiger partial charge in [0.1, 0.15) is 0 Å². The average Bonchev–Trinajstić information content (AvgIpc) is 2.50. The van der Waals surface area contributed by atoms with E-state index >= 15 is 0 Å². The lowest BCUT2D eigenvalue weighted by molar-refractivity contribution is -0.148. The van der Waals surface area contributed by atoms with Crippen molar-refractivity contribution in [2.45, 2.75) is 52.0 Å². The monoisotopic (exact) mass is 303 g/mol. The molecule has 1 amide bonds. The highest BCUT2D eigenvalue weighted by Gasteiger charge is 2.23. The quantitative estimate of drug-likeness (QED) is 0.851. The fraction of sp³-hybridized carbons (Fsp3) is 0.556. The number of nitrogens with one attached hydrogen (secondary N) is 1. The smallest absolute Gasteiger partial charge is 0.310 e. The second-order valence-electron chi connectivity index (χ2n) is 6.26. The molecule has 22 heavy (non-hydrogen) atoms. The summed E-state index contributed by atoms with van der Waals surface area (Å²) < 4.78 is 5.06. The fourth-order valence-electron chi connectivity index (χ4n) is 2.85. The first kappa shape index (κ1) is 16.5. The van der Waals surface area contributed by atoms with Gasteiger partial charge in [0.25, 0.3) is 5.91 Å². The maximum Gasteiger partial charge on any atom is 0.310 e. The van der Waals surface area contributed by atoms with Gasteiger partial charge in [-0.1, -0.05) is 49.6 Å². The van der Waals surface area contributed by atoms with E-state index in [4.69, 9.17) is 4.74 Å². The van der Waals surface area contributed by atoms with Gasteiger partial charge in [-0.3, -0.25) is 9.59 Å². The Balaban J connectivity index is 1.71. The van der Waals surface area contributed by atoms with Crippen LogP contribution in [0.3, 0.4) is 0 Å². The van der Waals surface area contributed by atoms with Crippen molar-refractivity contribution in [1.29, 1.82) is 0 Å². The van der Waals surface area contributed by atoms with E-state index in [0.717, 1.165) is 30.4 Å². The summed E-state index contributed by atoms with van der Waals surface area (Å²) in [5, 5.41) is 2.98.